The molecule has 0 aliphatic carbocycles. The van der Waals surface area contributed by atoms with Crippen molar-refractivity contribution >= 4 is 33.2 Å². The Hall–Kier alpha value is -3.03. The fourth-order valence-electron chi connectivity index (χ4n) is 4.52. The molecule has 1 N–H and O–H groups in total. The van der Waals surface area contributed by atoms with E-state index in [1.54, 1.807) is 6.07 Å². The number of halogens is 1. The highest BCUT2D eigenvalue weighted by atomic mass is 79.9. The Bertz CT molecular complexity index is 1180. The molecular formula is C24H22BrN3O3. The molecule has 0 fully saturated rings. The predicted molar refractivity (Wildman–Crippen MR) is 124 cm³/mol. The van der Waals surface area contributed by atoms with Crippen molar-refractivity contribution in [2.75, 3.05) is 38.0 Å². The number of hydrogen-bond donors (Lipinski definition) is 1. The fraction of sp³-hybridized carbons (Fsp3) is 0.208. The average Bonchev–Trinajstić information content (AvgIpc) is 2.95. The third kappa shape index (κ3) is 2.63. The van der Waals surface area contributed by atoms with Crippen molar-refractivity contribution in [3.05, 3.63) is 81.3 Å². The zero-order chi connectivity index (χ0) is 22.1. The average molecular weight is 480 g/mol. The lowest BCUT2D eigenvalue weighted by Gasteiger charge is -2.41. The summed E-state index contributed by atoms with van der Waals surface area (Å²) in [6, 6.07) is 17.2. The number of fused-ring (bicyclic) bond motifs is 6. The molecule has 0 radical (unpaired) electrons. The number of anilines is 2. The number of carbonyl (C=O) groups is 1. The number of nitrogens with zero attached hydrogens (tertiary/aromatic N) is 3. The first-order chi connectivity index (χ1) is 14.7. The minimum absolute atomic E-state index is 0.441. The van der Waals surface area contributed by atoms with E-state index < -0.39 is 11.4 Å². The number of hydrogen-bond acceptors (Lipinski definition) is 5. The van der Waals surface area contributed by atoms with Crippen molar-refractivity contribution in [2.24, 2.45) is 0 Å². The SMILES string of the molecule is CN(C)c1ccc2c(c1)Oc1cc(N(C)C)ccc1C21c2ccc(Br)cc2C(=O)N1O. The van der Waals surface area contributed by atoms with E-state index >= 15 is 0 Å². The molecule has 0 saturated heterocycles. The van der Waals surface area contributed by atoms with Crippen molar-refractivity contribution in [3.63, 3.8) is 0 Å². The van der Waals surface area contributed by atoms with Gasteiger partial charge < -0.3 is 14.5 Å². The highest BCUT2D eigenvalue weighted by Crippen LogP contribution is 2.57. The van der Waals surface area contributed by atoms with Crippen molar-refractivity contribution in [2.45, 2.75) is 5.54 Å². The summed E-state index contributed by atoms with van der Waals surface area (Å²) in [6.45, 7) is 0. The molecule has 31 heavy (non-hydrogen) atoms. The molecule has 7 heteroatoms. The quantitative estimate of drug-likeness (QED) is 0.533. The Balaban J connectivity index is 1.88. The Kier molecular flexibility index (Phi) is 4.32. The van der Waals surface area contributed by atoms with Crippen LogP contribution in [0.15, 0.2) is 59.1 Å². The Labute approximate surface area is 189 Å². The van der Waals surface area contributed by atoms with Gasteiger partial charge in [-0.05, 0) is 24.3 Å². The first kappa shape index (κ1) is 19.9. The minimum atomic E-state index is -1.19. The standard InChI is InChI=1S/C24H22BrN3O3/c1-26(2)15-6-9-19-21(12-15)31-22-13-16(27(3)4)7-10-20(22)24(19)18-8-5-14(25)11-17(18)23(29)28(24)30/h5-13,30H,1-4H3. The smallest absolute Gasteiger partial charge is 0.279 e. The van der Waals surface area contributed by atoms with Crippen molar-refractivity contribution in [1.29, 1.82) is 0 Å². The van der Waals surface area contributed by atoms with Gasteiger partial charge >= 0.3 is 0 Å². The van der Waals surface area contributed by atoms with E-state index in [2.05, 4.69) is 15.9 Å². The van der Waals surface area contributed by atoms with Crippen LogP contribution >= 0.6 is 15.9 Å². The number of hydroxylamine groups is 2. The van der Waals surface area contributed by atoms with Gasteiger partial charge in [0.2, 0.25) is 0 Å². The highest BCUT2D eigenvalue weighted by Gasteiger charge is 2.56. The summed E-state index contributed by atoms with van der Waals surface area (Å²) >= 11 is 3.45. The Morgan fingerprint density at radius 2 is 1.35 bits per heavy atom. The van der Waals surface area contributed by atoms with E-state index in [-0.39, 0.29) is 0 Å². The first-order valence-corrected chi connectivity index (χ1v) is 10.7. The zero-order valence-corrected chi connectivity index (χ0v) is 19.3. The molecule has 0 saturated carbocycles. The summed E-state index contributed by atoms with van der Waals surface area (Å²) in [6.07, 6.45) is 0. The second-order valence-corrected chi connectivity index (χ2v) is 9.18. The maximum Gasteiger partial charge on any atom is 0.279 e. The molecule has 0 atom stereocenters. The topological polar surface area (TPSA) is 56.2 Å². The summed E-state index contributed by atoms with van der Waals surface area (Å²) in [7, 11) is 7.84. The number of rotatable bonds is 2. The third-order valence-electron chi connectivity index (χ3n) is 6.07. The van der Waals surface area contributed by atoms with E-state index in [4.69, 9.17) is 4.74 Å². The zero-order valence-electron chi connectivity index (χ0n) is 17.7. The second-order valence-electron chi connectivity index (χ2n) is 8.27. The van der Waals surface area contributed by atoms with Crippen LogP contribution in [0.5, 0.6) is 11.5 Å². The lowest BCUT2D eigenvalue weighted by molar-refractivity contribution is -0.102. The van der Waals surface area contributed by atoms with Gasteiger partial charge in [0.05, 0.1) is 0 Å². The molecule has 1 spiro atoms. The highest BCUT2D eigenvalue weighted by molar-refractivity contribution is 9.10. The van der Waals surface area contributed by atoms with Crippen molar-refractivity contribution in [1.82, 2.24) is 5.06 Å². The van der Waals surface area contributed by atoms with Crippen LogP contribution in [-0.2, 0) is 5.54 Å². The van der Waals surface area contributed by atoms with Crippen LogP contribution in [0.1, 0.15) is 27.0 Å². The van der Waals surface area contributed by atoms with E-state index in [1.165, 1.54) is 0 Å². The first-order valence-electron chi connectivity index (χ1n) is 9.90. The molecule has 3 aromatic rings. The molecule has 2 heterocycles. The van der Waals surface area contributed by atoms with Crippen LogP contribution < -0.4 is 14.5 Å². The maximum absolute atomic E-state index is 13.2. The molecular weight excluding hydrogens is 458 g/mol. The van der Waals surface area contributed by atoms with Gasteiger partial charge in [-0.3, -0.25) is 10.0 Å². The van der Waals surface area contributed by atoms with Crippen LogP contribution in [-0.4, -0.2) is 44.4 Å². The van der Waals surface area contributed by atoms with Gasteiger partial charge in [0.1, 0.15) is 11.5 Å². The molecule has 3 aromatic carbocycles. The third-order valence-corrected chi connectivity index (χ3v) is 6.57. The molecule has 0 bridgehead atoms. The fourth-order valence-corrected chi connectivity index (χ4v) is 4.88. The molecule has 158 valence electrons. The molecule has 2 aliphatic rings. The summed E-state index contributed by atoms with van der Waals surface area (Å²) in [4.78, 5) is 17.2. The lowest BCUT2D eigenvalue weighted by Crippen LogP contribution is -2.45. The van der Waals surface area contributed by atoms with Gasteiger partial charge in [-0.15, -0.1) is 0 Å². The van der Waals surface area contributed by atoms with Crippen molar-refractivity contribution in [3.8, 4) is 11.5 Å². The number of amides is 1. The number of ether oxygens (including phenoxy) is 1. The summed E-state index contributed by atoms with van der Waals surface area (Å²) in [5.74, 6) is 0.776. The molecule has 2 aliphatic heterocycles. The van der Waals surface area contributed by atoms with Gasteiger partial charge in [-0.25, -0.2) is 5.06 Å². The van der Waals surface area contributed by atoms with Crippen LogP contribution in [0.2, 0.25) is 0 Å². The van der Waals surface area contributed by atoms with Crippen LogP contribution in [0.3, 0.4) is 0 Å². The van der Waals surface area contributed by atoms with Gasteiger partial charge in [0.15, 0.2) is 5.54 Å². The Morgan fingerprint density at radius 1 is 0.839 bits per heavy atom. The second kappa shape index (κ2) is 6.73. The van der Waals surface area contributed by atoms with E-state index in [0.717, 1.165) is 37.6 Å². The molecule has 1 amide bonds. The van der Waals surface area contributed by atoms with Gasteiger partial charge in [0.25, 0.3) is 5.91 Å². The number of benzene rings is 3. The van der Waals surface area contributed by atoms with Crippen LogP contribution in [0, 0.1) is 0 Å². The summed E-state index contributed by atoms with van der Waals surface area (Å²) in [5, 5.41) is 12.2. The largest absolute Gasteiger partial charge is 0.456 e. The Morgan fingerprint density at radius 3 is 1.87 bits per heavy atom. The lowest BCUT2D eigenvalue weighted by atomic mass is 9.75. The van der Waals surface area contributed by atoms with Gasteiger partial charge in [-0.1, -0.05) is 34.1 Å². The van der Waals surface area contributed by atoms with Crippen molar-refractivity contribution < 1.29 is 14.7 Å². The predicted octanol–water partition coefficient (Wildman–Crippen LogP) is 4.82. The van der Waals surface area contributed by atoms with E-state index in [1.807, 2.05) is 86.5 Å². The maximum atomic E-state index is 13.2. The number of carbonyl (C=O) groups excluding carboxylic acids is 1. The van der Waals surface area contributed by atoms with E-state index in [9.17, 15) is 10.0 Å². The summed E-state index contributed by atoms with van der Waals surface area (Å²) < 4.78 is 7.14. The van der Waals surface area contributed by atoms with Crippen LogP contribution in [0.4, 0.5) is 11.4 Å². The summed E-state index contributed by atoms with van der Waals surface area (Å²) in [5.41, 5.74) is 3.37. The van der Waals surface area contributed by atoms with E-state index in [0.29, 0.717) is 17.1 Å². The molecule has 6 nitrogen and oxygen atoms in total. The molecule has 0 unspecified atom stereocenters. The minimum Gasteiger partial charge on any atom is -0.456 e. The van der Waals surface area contributed by atoms with Crippen LogP contribution in [0.25, 0.3) is 0 Å². The normalized spacial score (nSPS) is 15.3. The van der Waals surface area contributed by atoms with Gasteiger partial charge in [-0.2, -0.15) is 0 Å². The van der Waals surface area contributed by atoms with Gasteiger partial charge in [0, 0.05) is 78.4 Å². The molecule has 5 rings (SSSR count). The monoisotopic (exact) mass is 479 g/mol. The molecule has 0 aromatic heterocycles.